The summed E-state index contributed by atoms with van der Waals surface area (Å²) in [6.07, 6.45) is -0.364. The second-order valence-electron chi connectivity index (χ2n) is 7.03. The van der Waals surface area contributed by atoms with Gasteiger partial charge >= 0.3 is 11.9 Å². The van der Waals surface area contributed by atoms with Crippen molar-refractivity contribution >= 4 is 47.3 Å². The number of aliphatic carboxylic acids is 2. The Balaban J connectivity index is 1.49. The highest BCUT2D eigenvalue weighted by Gasteiger charge is 2.64. The van der Waals surface area contributed by atoms with Gasteiger partial charge in [0.15, 0.2) is 5.92 Å². The summed E-state index contributed by atoms with van der Waals surface area (Å²) in [5.74, 6) is -5.12. The predicted octanol–water partition coefficient (Wildman–Crippen LogP) is -0.325. The minimum atomic E-state index is -1.42. The van der Waals surface area contributed by atoms with E-state index in [2.05, 4.69) is 5.32 Å². The van der Waals surface area contributed by atoms with E-state index in [0.717, 1.165) is 0 Å². The third-order valence-electron chi connectivity index (χ3n) is 4.93. The summed E-state index contributed by atoms with van der Waals surface area (Å²) >= 11 is 2.62. The molecule has 26 heavy (non-hydrogen) atoms. The first-order valence-corrected chi connectivity index (χ1v) is 9.72. The normalized spacial score (nSPS) is 37.2. The van der Waals surface area contributed by atoms with Crippen LogP contribution in [0.5, 0.6) is 0 Å². The van der Waals surface area contributed by atoms with Crippen LogP contribution in [0.3, 0.4) is 0 Å². The highest BCUT2D eigenvalue weighted by atomic mass is 32.2. The number of carboxylic acid groups (broad SMARTS) is 2. The molecule has 0 aromatic carbocycles. The number of thioether (sulfide) groups is 2. The largest absolute Gasteiger partial charge is 0.480 e. The van der Waals surface area contributed by atoms with E-state index >= 15 is 0 Å². The van der Waals surface area contributed by atoms with E-state index in [4.69, 9.17) is 4.74 Å². The van der Waals surface area contributed by atoms with E-state index < -0.39 is 51.9 Å². The van der Waals surface area contributed by atoms with Crippen molar-refractivity contribution in [2.45, 2.75) is 47.6 Å². The van der Waals surface area contributed by atoms with Crippen LogP contribution < -0.4 is 5.32 Å². The van der Waals surface area contributed by atoms with E-state index in [1.54, 1.807) is 19.3 Å². The fourth-order valence-electron chi connectivity index (χ4n) is 3.67. The molecule has 140 valence electrons. The average Bonchev–Trinajstić information content (AvgIpc) is 3.13. The molecule has 4 aliphatic heterocycles. The summed E-state index contributed by atoms with van der Waals surface area (Å²) in [6.45, 7) is 3.46. The molecule has 0 radical (unpaired) electrons. The lowest BCUT2D eigenvalue weighted by atomic mass is 9.94. The minimum Gasteiger partial charge on any atom is -0.480 e. The molecule has 0 spiro atoms. The first kappa shape index (κ1) is 17.7. The standard InChI is InChI=1S/C15H16N2O7S2/c1-15(2)8(13(22)23)17-10(19)6(11(17)26-15)16-9(18)5(12(20)21)4-3-25-14-7(4)24-14/h3,5-8,11,14H,1-2H3,(H,16,18)(H,20,21)(H,22,23)/t5-,6-,7?,8+,11-,14?/m1/s1. The molecule has 9 nitrogen and oxygen atoms in total. The van der Waals surface area contributed by atoms with E-state index in [9.17, 15) is 29.4 Å². The number of hydrogen-bond acceptors (Lipinski definition) is 7. The van der Waals surface area contributed by atoms with Crippen LogP contribution in [0.4, 0.5) is 0 Å². The van der Waals surface area contributed by atoms with Gasteiger partial charge in [-0.15, -0.1) is 11.8 Å². The Morgan fingerprint density at radius 2 is 2.04 bits per heavy atom. The van der Waals surface area contributed by atoms with Gasteiger partial charge in [0.25, 0.3) is 0 Å². The number of carbonyl (C=O) groups excluding carboxylic acids is 2. The van der Waals surface area contributed by atoms with Crippen LogP contribution >= 0.6 is 23.5 Å². The molecule has 4 rings (SSSR count). The summed E-state index contributed by atoms with van der Waals surface area (Å²) in [6, 6.07) is -1.91. The summed E-state index contributed by atoms with van der Waals surface area (Å²) in [5, 5.41) is 22.5. The summed E-state index contributed by atoms with van der Waals surface area (Å²) in [5.41, 5.74) is 0.263. The fourth-order valence-corrected chi connectivity index (χ4v) is 6.34. The number of nitrogens with zero attached hydrogens (tertiary/aromatic N) is 1. The van der Waals surface area contributed by atoms with Crippen LogP contribution in [-0.2, 0) is 23.9 Å². The molecule has 0 aromatic rings. The second-order valence-corrected chi connectivity index (χ2v) is 9.78. The molecule has 6 atom stereocenters. The molecule has 3 fully saturated rings. The van der Waals surface area contributed by atoms with Gasteiger partial charge in [0, 0.05) is 4.75 Å². The van der Waals surface area contributed by atoms with E-state index in [0.29, 0.717) is 5.57 Å². The van der Waals surface area contributed by atoms with Crippen LogP contribution in [0.25, 0.3) is 0 Å². The maximum absolute atomic E-state index is 12.6. The minimum absolute atomic E-state index is 0.122. The lowest BCUT2D eigenvalue weighted by Gasteiger charge is -2.43. The Bertz CT molecular complexity index is 767. The number of ether oxygens (including phenoxy) is 1. The van der Waals surface area contributed by atoms with Gasteiger partial charge in [-0.3, -0.25) is 14.4 Å². The highest BCUT2D eigenvalue weighted by molar-refractivity contribution is 8.03. The second kappa shape index (κ2) is 5.64. The van der Waals surface area contributed by atoms with Gasteiger partial charge in [-0.1, -0.05) is 11.8 Å². The maximum atomic E-state index is 12.6. The zero-order chi connectivity index (χ0) is 19.0. The molecule has 4 heterocycles. The molecule has 3 saturated heterocycles. The van der Waals surface area contributed by atoms with Gasteiger partial charge in [0.1, 0.15) is 29.0 Å². The van der Waals surface area contributed by atoms with Gasteiger partial charge in [-0.25, -0.2) is 4.79 Å². The predicted molar refractivity (Wildman–Crippen MR) is 91.1 cm³/mol. The zero-order valence-corrected chi connectivity index (χ0v) is 15.4. The number of fused-ring (bicyclic) bond motifs is 2. The lowest BCUT2D eigenvalue weighted by molar-refractivity contribution is -0.161. The first-order valence-electron chi connectivity index (χ1n) is 7.90. The average molecular weight is 400 g/mol. The Kier molecular flexibility index (Phi) is 3.83. The summed E-state index contributed by atoms with van der Waals surface area (Å²) < 4.78 is 4.55. The van der Waals surface area contributed by atoms with Gasteiger partial charge in [0.05, 0.1) is 0 Å². The number of carboxylic acids is 2. The molecule has 0 aliphatic carbocycles. The number of rotatable bonds is 5. The number of nitrogens with one attached hydrogen (secondary N) is 1. The third kappa shape index (κ3) is 2.44. The van der Waals surface area contributed by atoms with Crippen LogP contribution in [0.2, 0.25) is 0 Å². The van der Waals surface area contributed by atoms with Crippen LogP contribution in [0.15, 0.2) is 11.0 Å². The van der Waals surface area contributed by atoms with Gasteiger partial charge in [-0.05, 0) is 24.8 Å². The van der Waals surface area contributed by atoms with Crippen LogP contribution in [0.1, 0.15) is 13.8 Å². The molecule has 4 aliphatic rings. The smallest absolute Gasteiger partial charge is 0.327 e. The Morgan fingerprint density at radius 3 is 2.54 bits per heavy atom. The zero-order valence-electron chi connectivity index (χ0n) is 13.7. The first-order chi connectivity index (χ1) is 12.1. The Hall–Kier alpha value is -1.72. The fraction of sp³-hybridized carbons (Fsp3) is 0.600. The maximum Gasteiger partial charge on any atom is 0.327 e. The number of epoxide rings is 1. The molecule has 0 bridgehead atoms. The van der Waals surface area contributed by atoms with Crippen molar-refractivity contribution in [1.29, 1.82) is 0 Å². The van der Waals surface area contributed by atoms with Crippen molar-refractivity contribution in [3.63, 3.8) is 0 Å². The molecule has 2 amide bonds. The monoisotopic (exact) mass is 400 g/mol. The quantitative estimate of drug-likeness (QED) is 0.322. The SMILES string of the molecule is CC1(C)S[C@@H]2[C@H](NC(=O)[C@H](C(=O)O)C3=CSC4OC34)C(=O)N2[C@H]1C(=O)O. The van der Waals surface area contributed by atoms with Crippen LogP contribution in [-0.4, -0.2) is 72.6 Å². The van der Waals surface area contributed by atoms with Crippen molar-refractivity contribution in [1.82, 2.24) is 10.2 Å². The van der Waals surface area contributed by atoms with Crippen molar-refractivity contribution in [3.05, 3.63) is 11.0 Å². The lowest BCUT2D eigenvalue weighted by Crippen LogP contribution is -2.71. The highest BCUT2D eigenvalue weighted by Crippen LogP contribution is 2.51. The van der Waals surface area contributed by atoms with Crippen molar-refractivity contribution in [3.8, 4) is 0 Å². The number of carbonyl (C=O) groups is 4. The molecule has 2 unspecified atom stereocenters. The number of amides is 2. The molecular weight excluding hydrogens is 384 g/mol. The van der Waals surface area contributed by atoms with E-state index in [1.807, 2.05) is 0 Å². The summed E-state index contributed by atoms with van der Waals surface area (Å²) in [4.78, 5) is 49.3. The third-order valence-corrected chi connectivity index (χ3v) is 7.54. The van der Waals surface area contributed by atoms with E-state index in [1.165, 1.54) is 28.4 Å². The van der Waals surface area contributed by atoms with E-state index in [-0.39, 0.29) is 11.5 Å². The molecular formula is C15H16N2O7S2. The number of hydrogen-bond donors (Lipinski definition) is 3. The van der Waals surface area contributed by atoms with Crippen molar-refractivity contribution < 1.29 is 34.1 Å². The van der Waals surface area contributed by atoms with Crippen molar-refractivity contribution in [2.75, 3.05) is 0 Å². The number of β-lactam (4-membered cyclic amide) rings is 1. The molecule has 3 N–H and O–H groups in total. The Morgan fingerprint density at radius 1 is 1.35 bits per heavy atom. The van der Waals surface area contributed by atoms with Gasteiger partial charge in [0.2, 0.25) is 11.8 Å². The molecule has 0 saturated carbocycles. The van der Waals surface area contributed by atoms with Gasteiger partial charge < -0.3 is 25.2 Å². The molecule has 0 aromatic heterocycles. The van der Waals surface area contributed by atoms with Crippen molar-refractivity contribution in [2.24, 2.45) is 5.92 Å². The van der Waals surface area contributed by atoms with Crippen LogP contribution in [0, 0.1) is 5.92 Å². The van der Waals surface area contributed by atoms with Gasteiger partial charge in [-0.2, -0.15) is 0 Å². The molecule has 11 heteroatoms. The summed E-state index contributed by atoms with van der Waals surface area (Å²) in [7, 11) is 0. The Labute approximate surface area is 156 Å². The topological polar surface area (TPSA) is 137 Å².